The van der Waals surface area contributed by atoms with Crippen LogP contribution in [0.4, 0.5) is 0 Å². The highest BCUT2D eigenvalue weighted by Crippen LogP contribution is 2.31. The molecule has 0 fully saturated rings. The number of carbonyl (C=O) groups excluding carboxylic acids is 1. The van der Waals surface area contributed by atoms with Crippen LogP contribution in [0.5, 0.6) is 17.2 Å². The van der Waals surface area contributed by atoms with Gasteiger partial charge in [-0.1, -0.05) is 32.0 Å². The molecule has 1 aliphatic rings. The van der Waals surface area contributed by atoms with E-state index in [2.05, 4.69) is 13.8 Å². The van der Waals surface area contributed by atoms with Crippen LogP contribution < -0.4 is 14.2 Å². The molecule has 144 valence electrons. The average molecular weight is 369 g/mol. The van der Waals surface area contributed by atoms with Gasteiger partial charge in [-0.05, 0) is 43.2 Å². The Hall–Kier alpha value is -2.69. The molecule has 2 aromatic rings. The van der Waals surface area contributed by atoms with Crippen molar-refractivity contribution in [3.8, 4) is 17.2 Å². The largest absolute Gasteiger partial charge is 0.493 e. The molecule has 1 heterocycles. The van der Waals surface area contributed by atoms with E-state index in [4.69, 9.17) is 14.2 Å². The summed E-state index contributed by atoms with van der Waals surface area (Å²) in [4.78, 5) is 14.7. The number of hydrogen-bond donors (Lipinski definition) is 0. The molecule has 0 aromatic heterocycles. The number of para-hydroxylation sites is 2. The Morgan fingerprint density at radius 1 is 1.19 bits per heavy atom. The predicted octanol–water partition coefficient (Wildman–Crippen LogP) is 4.02. The van der Waals surface area contributed by atoms with E-state index >= 15 is 0 Å². The Labute approximate surface area is 160 Å². The van der Waals surface area contributed by atoms with Gasteiger partial charge in [-0.25, -0.2) is 0 Å². The average Bonchev–Trinajstić information content (AvgIpc) is 2.70. The molecule has 3 rings (SSSR count). The first-order valence-electron chi connectivity index (χ1n) is 9.47. The van der Waals surface area contributed by atoms with Crippen LogP contribution in [0.2, 0.25) is 0 Å². The quantitative estimate of drug-likeness (QED) is 0.739. The Morgan fingerprint density at radius 2 is 1.96 bits per heavy atom. The van der Waals surface area contributed by atoms with Crippen molar-refractivity contribution in [2.45, 2.75) is 26.9 Å². The van der Waals surface area contributed by atoms with Crippen molar-refractivity contribution >= 4 is 5.91 Å². The highest BCUT2D eigenvalue weighted by Gasteiger charge is 2.25. The van der Waals surface area contributed by atoms with Gasteiger partial charge in [-0.3, -0.25) is 4.79 Å². The molecule has 1 amide bonds. The first-order valence-corrected chi connectivity index (χ1v) is 9.47. The summed E-state index contributed by atoms with van der Waals surface area (Å²) in [5, 5.41) is 0. The minimum Gasteiger partial charge on any atom is -0.493 e. The van der Waals surface area contributed by atoms with Crippen LogP contribution >= 0.6 is 0 Å². The zero-order valence-corrected chi connectivity index (χ0v) is 16.2. The number of fused-ring (bicyclic) bond motifs is 1. The summed E-state index contributed by atoms with van der Waals surface area (Å²) >= 11 is 0. The van der Waals surface area contributed by atoms with E-state index in [9.17, 15) is 4.79 Å². The van der Waals surface area contributed by atoms with Crippen molar-refractivity contribution in [1.82, 2.24) is 4.90 Å². The number of benzene rings is 2. The number of likely N-dealkylation sites (N-methyl/N-ethyl adjacent to an activating group) is 1. The van der Waals surface area contributed by atoms with E-state index in [1.54, 1.807) is 11.0 Å². The summed E-state index contributed by atoms with van der Waals surface area (Å²) in [7, 11) is 0. The molecule has 0 radical (unpaired) electrons. The number of nitrogens with zero attached hydrogens (tertiary/aromatic N) is 1. The van der Waals surface area contributed by atoms with E-state index in [1.807, 2.05) is 49.4 Å². The van der Waals surface area contributed by atoms with Gasteiger partial charge in [0, 0.05) is 12.1 Å². The fourth-order valence-electron chi connectivity index (χ4n) is 2.92. The third-order valence-corrected chi connectivity index (χ3v) is 4.32. The molecular formula is C22H27NO4. The topological polar surface area (TPSA) is 48.0 Å². The molecule has 1 aliphatic heterocycles. The van der Waals surface area contributed by atoms with Gasteiger partial charge in [-0.15, -0.1) is 0 Å². The van der Waals surface area contributed by atoms with Crippen LogP contribution in [-0.4, -0.2) is 43.2 Å². The smallest absolute Gasteiger partial charge is 0.254 e. The maximum absolute atomic E-state index is 13.0. The van der Waals surface area contributed by atoms with Crippen LogP contribution in [0.1, 0.15) is 31.1 Å². The number of ether oxygens (including phenoxy) is 3. The zero-order chi connectivity index (χ0) is 19.2. The SMILES string of the molecule is CCN(CC1COc2ccccc2O1)C(=O)c1cccc(OCC(C)C)c1. The van der Waals surface area contributed by atoms with E-state index in [1.165, 1.54) is 0 Å². The molecular weight excluding hydrogens is 342 g/mol. The molecule has 0 saturated carbocycles. The summed E-state index contributed by atoms with van der Waals surface area (Å²) < 4.78 is 17.5. The minimum atomic E-state index is -0.191. The molecule has 5 heteroatoms. The first kappa shape index (κ1) is 19.1. The lowest BCUT2D eigenvalue weighted by molar-refractivity contribution is 0.0474. The fraction of sp³-hybridized carbons (Fsp3) is 0.409. The monoisotopic (exact) mass is 369 g/mol. The van der Waals surface area contributed by atoms with Crippen LogP contribution in [0.25, 0.3) is 0 Å². The number of rotatable bonds is 7. The molecule has 0 saturated heterocycles. The van der Waals surface area contributed by atoms with E-state index < -0.39 is 0 Å². The van der Waals surface area contributed by atoms with Crippen LogP contribution in [0.3, 0.4) is 0 Å². The van der Waals surface area contributed by atoms with Crippen molar-refractivity contribution in [2.75, 3.05) is 26.3 Å². The zero-order valence-electron chi connectivity index (χ0n) is 16.2. The second kappa shape index (κ2) is 8.80. The van der Waals surface area contributed by atoms with Crippen LogP contribution in [-0.2, 0) is 0 Å². The lowest BCUT2D eigenvalue weighted by Crippen LogP contribution is -2.43. The van der Waals surface area contributed by atoms with Gasteiger partial charge in [0.1, 0.15) is 12.4 Å². The van der Waals surface area contributed by atoms with Crippen molar-refractivity contribution in [1.29, 1.82) is 0 Å². The normalized spacial score (nSPS) is 15.5. The van der Waals surface area contributed by atoms with Gasteiger partial charge >= 0.3 is 0 Å². The molecule has 0 N–H and O–H groups in total. The van der Waals surface area contributed by atoms with Crippen LogP contribution in [0, 0.1) is 5.92 Å². The Balaban J connectivity index is 1.65. The molecule has 2 aromatic carbocycles. The van der Waals surface area contributed by atoms with Gasteiger partial charge in [0.05, 0.1) is 13.2 Å². The van der Waals surface area contributed by atoms with E-state index in [-0.39, 0.29) is 12.0 Å². The van der Waals surface area contributed by atoms with Gasteiger partial charge in [-0.2, -0.15) is 0 Å². The third-order valence-electron chi connectivity index (χ3n) is 4.32. The molecule has 5 nitrogen and oxygen atoms in total. The lowest BCUT2D eigenvalue weighted by atomic mass is 10.1. The summed E-state index contributed by atoms with van der Waals surface area (Å²) in [5.74, 6) is 2.59. The van der Waals surface area contributed by atoms with Crippen LogP contribution in [0.15, 0.2) is 48.5 Å². The van der Waals surface area contributed by atoms with Gasteiger partial charge in [0.15, 0.2) is 17.6 Å². The summed E-state index contributed by atoms with van der Waals surface area (Å²) in [5.41, 5.74) is 0.621. The predicted molar refractivity (Wildman–Crippen MR) is 105 cm³/mol. The minimum absolute atomic E-state index is 0.0324. The summed E-state index contributed by atoms with van der Waals surface area (Å²) in [6, 6.07) is 15.0. The third kappa shape index (κ3) is 4.94. The molecule has 0 aliphatic carbocycles. The summed E-state index contributed by atoms with van der Waals surface area (Å²) in [6.45, 7) is 8.28. The van der Waals surface area contributed by atoms with Gasteiger partial charge < -0.3 is 19.1 Å². The van der Waals surface area contributed by atoms with Crippen molar-refractivity contribution in [3.05, 3.63) is 54.1 Å². The second-order valence-corrected chi connectivity index (χ2v) is 7.07. The molecule has 1 unspecified atom stereocenters. The number of amides is 1. The molecule has 0 bridgehead atoms. The molecule has 27 heavy (non-hydrogen) atoms. The maximum Gasteiger partial charge on any atom is 0.254 e. The fourth-order valence-corrected chi connectivity index (χ4v) is 2.92. The van der Waals surface area contributed by atoms with E-state index in [0.717, 1.165) is 17.2 Å². The van der Waals surface area contributed by atoms with Gasteiger partial charge in [0.25, 0.3) is 5.91 Å². The summed E-state index contributed by atoms with van der Waals surface area (Å²) in [6.07, 6.45) is -0.191. The maximum atomic E-state index is 13.0. The Bertz CT molecular complexity index is 774. The van der Waals surface area contributed by atoms with Crippen molar-refractivity contribution in [2.24, 2.45) is 5.92 Å². The number of carbonyl (C=O) groups is 1. The molecule has 0 spiro atoms. The molecule has 1 atom stereocenters. The van der Waals surface area contributed by atoms with Gasteiger partial charge in [0.2, 0.25) is 0 Å². The second-order valence-electron chi connectivity index (χ2n) is 7.07. The highest BCUT2D eigenvalue weighted by molar-refractivity contribution is 5.94. The Morgan fingerprint density at radius 3 is 2.70 bits per heavy atom. The standard InChI is InChI=1S/C22H27NO4/c1-4-23(13-19-15-26-20-10-5-6-11-21(20)27-19)22(24)17-8-7-9-18(12-17)25-14-16(2)3/h5-12,16,19H,4,13-15H2,1-3H3. The lowest BCUT2D eigenvalue weighted by Gasteiger charge is -2.31. The highest BCUT2D eigenvalue weighted by atomic mass is 16.6. The number of hydrogen-bond acceptors (Lipinski definition) is 4. The van der Waals surface area contributed by atoms with Crippen molar-refractivity contribution < 1.29 is 19.0 Å². The van der Waals surface area contributed by atoms with Crippen molar-refractivity contribution in [3.63, 3.8) is 0 Å². The Kier molecular flexibility index (Phi) is 6.22. The van der Waals surface area contributed by atoms with E-state index in [0.29, 0.717) is 37.8 Å². The first-order chi connectivity index (χ1) is 13.1.